The summed E-state index contributed by atoms with van der Waals surface area (Å²) in [5.41, 5.74) is 6.81. The number of nitrogens with one attached hydrogen (secondary N) is 1. The Morgan fingerprint density at radius 1 is 0.943 bits per heavy atom. The number of carbonyl (C=O) groups excluding carboxylic acids is 1. The number of oxazole rings is 1. The number of rotatable bonds is 7. The van der Waals surface area contributed by atoms with Crippen LogP contribution in [0.3, 0.4) is 0 Å². The fraction of sp³-hybridized carbons (Fsp3) is 0.179. The summed E-state index contributed by atoms with van der Waals surface area (Å²) in [6, 6.07) is 23.8. The first kappa shape index (κ1) is 22.9. The molecule has 0 spiro atoms. The Balaban J connectivity index is 1.37. The number of nitrogens with zero attached hydrogens (tertiary/aromatic N) is 3. The Morgan fingerprint density at radius 2 is 1.71 bits per heavy atom. The predicted octanol–water partition coefficient (Wildman–Crippen LogP) is 6.40. The van der Waals surface area contributed by atoms with Crippen molar-refractivity contribution in [3.05, 3.63) is 95.4 Å². The van der Waals surface area contributed by atoms with Crippen molar-refractivity contribution in [1.82, 2.24) is 14.5 Å². The zero-order valence-electron chi connectivity index (χ0n) is 19.9. The largest absolute Gasteiger partial charge is 0.441 e. The van der Waals surface area contributed by atoms with Crippen molar-refractivity contribution in [3.63, 3.8) is 0 Å². The second kappa shape index (κ2) is 9.80. The van der Waals surface area contributed by atoms with E-state index in [-0.39, 0.29) is 11.7 Å². The van der Waals surface area contributed by atoms with Gasteiger partial charge in [0.2, 0.25) is 11.8 Å². The van der Waals surface area contributed by atoms with E-state index >= 15 is 0 Å². The van der Waals surface area contributed by atoms with Gasteiger partial charge in [-0.25, -0.2) is 9.97 Å². The zero-order chi connectivity index (χ0) is 24.4. The zero-order valence-corrected chi connectivity index (χ0v) is 20.7. The maximum atomic E-state index is 12.7. The number of benzene rings is 3. The molecule has 0 bridgehead atoms. The third kappa shape index (κ3) is 5.00. The van der Waals surface area contributed by atoms with Gasteiger partial charge in [-0.05, 0) is 68.3 Å². The number of fused-ring (bicyclic) bond motifs is 1. The van der Waals surface area contributed by atoms with Crippen LogP contribution in [0.25, 0.3) is 22.5 Å². The van der Waals surface area contributed by atoms with E-state index in [2.05, 4.69) is 16.8 Å². The van der Waals surface area contributed by atoms with Crippen LogP contribution in [0.15, 0.2) is 82.4 Å². The molecule has 176 valence electrons. The van der Waals surface area contributed by atoms with Crippen molar-refractivity contribution in [2.24, 2.45) is 0 Å². The molecule has 0 fully saturated rings. The van der Waals surface area contributed by atoms with Gasteiger partial charge < -0.3 is 14.3 Å². The van der Waals surface area contributed by atoms with Crippen LogP contribution in [0.4, 0.5) is 5.69 Å². The van der Waals surface area contributed by atoms with Crippen molar-refractivity contribution in [1.29, 1.82) is 0 Å². The minimum atomic E-state index is -0.0687. The predicted molar refractivity (Wildman–Crippen MR) is 141 cm³/mol. The smallest absolute Gasteiger partial charge is 0.234 e. The average Bonchev–Trinajstić information content (AvgIpc) is 3.41. The summed E-state index contributed by atoms with van der Waals surface area (Å²) in [7, 11) is 0. The van der Waals surface area contributed by atoms with Crippen LogP contribution in [0.2, 0.25) is 0 Å². The minimum absolute atomic E-state index is 0.0687. The van der Waals surface area contributed by atoms with Crippen molar-refractivity contribution in [2.45, 2.75) is 32.5 Å². The van der Waals surface area contributed by atoms with Crippen LogP contribution < -0.4 is 5.32 Å². The number of imidazole rings is 1. The van der Waals surface area contributed by atoms with Crippen LogP contribution in [0, 0.1) is 20.8 Å². The molecule has 0 aliphatic carbocycles. The highest BCUT2D eigenvalue weighted by Crippen LogP contribution is 2.28. The van der Waals surface area contributed by atoms with Crippen molar-refractivity contribution < 1.29 is 9.21 Å². The van der Waals surface area contributed by atoms with Gasteiger partial charge in [0, 0.05) is 11.3 Å². The molecule has 2 heterocycles. The molecule has 0 unspecified atom stereocenters. The van der Waals surface area contributed by atoms with Crippen LogP contribution in [-0.4, -0.2) is 26.2 Å². The molecule has 1 N–H and O–H groups in total. The third-order valence-corrected chi connectivity index (χ3v) is 6.94. The number of amides is 1. The number of hydrogen-bond donors (Lipinski definition) is 1. The lowest BCUT2D eigenvalue weighted by Gasteiger charge is -2.09. The Morgan fingerprint density at radius 3 is 2.51 bits per heavy atom. The summed E-state index contributed by atoms with van der Waals surface area (Å²) in [5.74, 6) is 1.55. The van der Waals surface area contributed by atoms with Crippen LogP contribution in [0.5, 0.6) is 0 Å². The third-order valence-electron chi connectivity index (χ3n) is 5.96. The SMILES string of the molecule is Cc1ccc(NC(=O)CSc2nc3ccccc3n2Cc2nc(-c3ccccc3)oc2C)cc1C. The molecule has 7 heteroatoms. The van der Waals surface area contributed by atoms with Crippen molar-refractivity contribution in [2.75, 3.05) is 11.1 Å². The second-order valence-corrected chi connectivity index (χ2v) is 9.44. The van der Waals surface area contributed by atoms with E-state index in [9.17, 15) is 4.79 Å². The fourth-order valence-electron chi connectivity index (χ4n) is 3.89. The lowest BCUT2D eigenvalue weighted by atomic mass is 10.1. The standard InChI is InChI=1S/C28H26N4O2S/c1-18-13-14-22(15-19(18)2)29-26(33)17-35-28-31-23-11-7-8-12-25(23)32(28)16-24-20(3)34-27(30-24)21-9-5-4-6-10-21/h4-15H,16-17H2,1-3H3,(H,29,33). The number of para-hydroxylation sites is 2. The Hall–Kier alpha value is -3.84. The molecule has 0 aliphatic rings. The molecule has 5 rings (SSSR count). The number of aromatic nitrogens is 3. The highest BCUT2D eigenvalue weighted by atomic mass is 32.2. The number of hydrogen-bond acceptors (Lipinski definition) is 5. The molecule has 5 aromatic rings. The summed E-state index contributed by atoms with van der Waals surface area (Å²) in [6.07, 6.45) is 0. The van der Waals surface area contributed by atoms with Gasteiger partial charge in [0.1, 0.15) is 11.5 Å². The monoisotopic (exact) mass is 482 g/mol. The highest BCUT2D eigenvalue weighted by molar-refractivity contribution is 7.99. The molecule has 0 atom stereocenters. The molecule has 2 aromatic heterocycles. The van der Waals surface area contributed by atoms with E-state index in [0.29, 0.717) is 12.4 Å². The summed E-state index contributed by atoms with van der Waals surface area (Å²) in [4.78, 5) is 22.2. The van der Waals surface area contributed by atoms with Gasteiger partial charge in [0.15, 0.2) is 5.16 Å². The summed E-state index contributed by atoms with van der Waals surface area (Å²) in [5, 5.41) is 3.76. The van der Waals surface area contributed by atoms with E-state index in [0.717, 1.165) is 44.5 Å². The average molecular weight is 483 g/mol. The number of carbonyl (C=O) groups is 1. The molecule has 0 saturated carbocycles. The van der Waals surface area contributed by atoms with E-state index in [1.807, 2.05) is 86.6 Å². The fourth-order valence-corrected chi connectivity index (χ4v) is 4.71. The van der Waals surface area contributed by atoms with Gasteiger partial charge in [-0.15, -0.1) is 0 Å². The lowest BCUT2D eigenvalue weighted by Crippen LogP contribution is -2.15. The first-order valence-corrected chi connectivity index (χ1v) is 12.4. The first-order chi connectivity index (χ1) is 17.0. The molecule has 3 aromatic carbocycles. The maximum absolute atomic E-state index is 12.7. The van der Waals surface area contributed by atoms with Crippen molar-refractivity contribution in [3.8, 4) is 11.5 Å². The molecule has 35 heavy (non-hydrogen) atoms. The minimum Gasteiger partial charge on any atom is -0.441 e. The van der Waals surface area contributed by atoms with Gasteiger partial charge in [-0.1, -0.05) is 48.2 Å². The quantitative estimate of drug-likeness (QED) is 0.272. The van der Waals surface area contributed by atoms with E-state index < -0.39 is 0 Å². The number of thioether (sulfide) groups is 1. The van der Waals surface area contributed by atoms with Gasteiger partial charge in [0.05, 0.1) is 23.3 Å². The number of anilines is 1. The van der Waals surface area contributed by atoms with Gasteiger partial charge in [-0.3, -0.25) is 4.79 Å². The summed E-state index contributed by atoms with van der Waals surface area (Å²) >= 11 is 1.42. The first-order valence-electron chi connectivity index (χ1n) is 11.4. The number of aryl methyl sites for hydroxylation is 3. The molecule has 0 aliphatic heterocycles. The summed E-state index contributed by atoms with van der Waals surface area (Å²) in [6.45, 7) is 6.53. The Labute approximate surface area is 208 Å². The molecular weight excluding hydrogens is 456 g/mol. The molecule has 1 amide bonds. The topological polar surface area (TPSA) is 73.0 Å². The molecule has 6 nitrogen and oxygen atoms in total. The van der Waals surface area contributed by atoms with Crippen LogP contribution in [0.1, 0.15) is 22.6 Å². The normalized spacial score (nSPS) is 11.2. The van der Waals surface area contributed by atoms with Crippen LogP contribution >= 0.6 is 11.8 Å². The van der Waals surface area contributed by atoms with Gasteiger partial charge in [0.25, 0.3) is 0 Å². The molecule has 0 saturated heterocycles. The Kier molecular flexibility index (Phi) is 6.42. The maximum Gasteiger partial charge on any atom is 0.234 e. The second-order valence-electron chi connectivity index (χ2n) is 8.49. The van der Waals surface area contributed by atoms with Crippen molar-refractivity contribution >= 4 is 34.4 Å². The van der Waals surface area contributed by atoms with Gasteiger partial charge in [-0.2, -0.15) is 0 Å². The van der Waals surface area contributed by atoms with E-state index in [1.54, 1.807) is 0 Å². The molecule has 0 radical (unpaired) electrons. The summed E-state index contributed by atoms with van der Waals surface area (Å²) < 4.78 is 8.07. The molecular formula is C28H26N4O2S. The van der Waals surface area contributed by atoms with E-state index in [4.69, 9.17) is 14.4 Å². The highest BCUT2D eigenvalue weighted by Gasteiger charge is 2.18. The van der Waals surface area contributed by atoms with E-state index in [1.165, 1.54) is 17.3 Å². The lowest BCUT2D eigenvalue weighted by molar-refractivity contribution is -0.113. The van der Waals surface area contributed by atoms with Gasteiger partial charge >= 0.3 is 0 Å². The van der Waals surface area contributed by atoms with Crippen LogP contribution in [-0.2, 0) is 11.3 Å². The Bertz CT molecular complexity index is 1500.